The van der Waals surface area contributed by atoms with E-state index in [9.17, 15) is 17.6 Å². The Morgan fingerprint density at radius 1 is 1.18 bits per heavy atom. The third-order valence-electron chi connectivity index (χ3n) is 4.28. The van der Waals surface area contributed by atoms with Gasteiger partial charge in [0.25, 0.3) is 5.91 Å². The molecule has 9 heteroatoms. The molecule has 1 fully saturated rings. The van der Waals surface area contributed by atoms with Gasteiger partial charge < -0.3 is 14.8 Å². The SMILES string of the molecule is Cc1ccc(F)cc1NC(=O)COc1ccc(S(=O)(=O)N2CCOCC2)cc1. The summed E-state index contributed by atoms with van der Waals surface area (Å²) in [5, 5.41) is 2.58. The summed E-state index contributed by atoms with van der Waals surface area (Å²) in [6, 6.07) is 9.98. The van der Waals surface area contributed by atoms with Crippen molar-refractivity contribution >= 4 is 21.6 Å². The monoisotopic (exact) mass is 408 g/mol. The molecule has 150 valence electrons. The van der Waals surface area contributed by atoms with Crippen molar-refractivity contribution in [2.75, 3.05) is 38.2 Å². The van der Waals surface area contributed by atoms with Crippen molar-refractivity contribution in [3.63, 3.8) is 0 Å². The third kappa shape index (κ3) is 4.86. The molecule has 3 rings (SSSR count). The van der Waals surface area contributed by atoms with Gasteiger partial charge in [-0.15, -0.1) is 0 Å². The van der Waals surface area contributed by atoms with Gasteiger partial charge in [-0.2, -0.15) is 4.31 Å². The lowest BCUT2D eigenvalue weighted by Crippen LogP contribution is -2.40. The summed E-state index contributed by atoms with van der Waals surface area (Å²) in [6.07, 6.45) is 0. The highest BCUT2D eigenvalue weighted by molar-refractivity contribution is 7.89. The number of halogens is 1. The van der Waals surface area contributed by atoms with Crippen molar-refractivity contribution in [3.05, 3.63) is 53.8 Å². The summed E-state index contributed by atoms with van der Waals surface area (Å²) in [7, 11) is -3.58. The minimum absolute atomic E-state index is 0.154. The van der Waals surface area contributed by atoms with Gasteiger partial charge in [0, 0.05) is 18.8 Å². The van der Waals surface area contributed by atoms with E-state index >= 15 is 0 Å². The summed E-state index contributed by atoms with van der Waals surface area (Å²) >= 11 is 0. The van der Waals surface area contributed by atoms with Gasteiger partial charge in [-0.25, -0.2) is 12.8 Å². The third-order valence-corrected chi connectivity index (χ3v) is 6.19. The number of carbonyl (C=O) groups is 1. The van der Waals surface area contributed by atoms with Crippen LogP contribution in [0.1, 0.15) is 5.56 Å². The molecule has 2 aromatic rings. The van der Waals surface area contributed by atoms with Gasteiger partial charge in [-0.05, 0) is 48.9 Å². The molecule has 1 saturated heterocycles. The van der Waals surface area contributed by atoms with E-state index in [1.165, 1.54) is 40.7 Å². The number of nitrogens with zero attached hydrogens (tertiary/aromatic N) is 1. The number of sulfonamides is 1. The number of hydrogen-bond donors (Lipinski definition) is 1. The minimum Gasteiger partial charge on any atom is -0.484 e. The molecule has 0 saturated carbocycles. The highest BCUT2D eigenvalue weighted by atomic mass is 32.2. The van der Waals surface area contributed by atoms with Crippen LogP contribution in [0.3, 0.4) is 0 Å². The van der Waals surface area contributed by atoms with Gasteiger partial charge in [0.2, 0.25) is 10.0 Å². The van der Waals surface area contributed by atoms with E-state index in [0.29, 0.717) is 37.7 Å². The first-order chi connectivity index (χ1) is 13.4. The molecule has 1 aliphatic heterocycles. The average molecular weight is 408 g/mol. The van der Waals surface area contributed by atoms with Gasteiger partial charge in [0.1, 0.15) is 11.6 Å². The van der Waals surface area contributed by atoms with E-state index in [1.54, 1.807) is 13.0 Å². The van der Waals surface area contributed by atoms with Crippen LogP contribution in [-0.4, -0.2) is 51.5 Å². The zero-order chi connectivity index (χ0) is 20.1. The Balaban J connectivity index is 1.58. The van der Waals surface area contributed by atoms with E-state index in [1.807, 2.05) is 0 Å². The summed E-state index contributed by atoms with van der Waals surface area (Å²) in [4.78, 5) is 12.2. The second-order valence-corrected chi connectivity index (χ2v) is 8.22. The van der Waals surface area contributed by atoms with Gasteiger partial charge in [-0.3, -0.25) is 4.79 Å². The minimum atomic E-state index is -3.58. The van der Waals surface area contributed by atoms with E-state index < -0.39 is 21.7 Å². The highest BCUT2D eigenvalue weighted by Crippen LogP contribution is 2.21. The highest BCUT2D eigenvalue weighted by Gasteiger charge is 2.26. The quantitative estimate of drug-likeness (QED) is 0.792. The van der Waals surface area contributed by atoms with E-state index in [0.717, 1.165) is 5.56 Å². The molecule has 28 heavy (non-hydrogen) atoms. The van der Waals surface area contributed by atoms with Gasteiger partial charge in [0.05, 0.1) is 18.1 Å². The number of morpholine rings is 1. The van der Waals surface area contributed by atoms with Crippen LogP contribution in [0.15, 0.2) is 47.4 Å². The number of carbonyl (C=O) groups excluding carboxylic acids is 1. The van der Waals surface area contributed by atoms with Crippen molar-refractivity contribution in [3.8, 4) is 5.75 Å². The van der Waals surface area contributed by atoms with Gasteiger partial charge in [-0.1, -0.05) is 6.07 Å². The number of ether oxygens (including phenoxy) is 2. The largest absolute Gasteiger partial charge is 0.484 e. The first-order valence-corrected chi connectivity index (χ1v) is 10.2. The summed E-state index contributed by atoms with van der Waals surface area (Å²) in [5.41, 5.74) is 1.10. The fourth-order valence-electron chi connectivity index (χ4n) is 2.71. The van der Waals surface area contributed by atoms with Crippen LogP contribution in [0.25, 0.3) is 0 Å². The predicted octanol–water partition coefficient (Wildman–Crippen LogP) is 2.17. The summed E-state index contributed by atoms with van der Waals surface area (Å²) < 4.78 is 50.3. The Morgan fingerprint density at radius 2 is 1.86 bits per heavy atom. The predicted molar refractivity (Wildman–Crippen MR) is 101 cm³/mol. The molecular weight excluding hydrogens is 387 g/mol. The van der Waals surface area contributed by atoms with E-state index in [-0.39, 0.29) is 11.5 Å². The Labute approximate surface area is 163 Å². The Hall–Kier alpha value is -2.49. The first-order valence-electron chi connectivity index (χ1n) is 8.73. The lowest BCUT2D eigenvalue weighted by molar-refractivity contribution is -0.118. The Bertz CT molecular complexity index is 941. The smallest absolute Gasteiger partial charge is 0.262 e. The molecule has 0 radical (unpaired) electrons. The van der Waals surface area contributed by atoms with Crippen LogP contribution < -0.4 is 10.1 Å². The lowest BCUT2D eigenvalue weighted by atomic mass is 10.2. The molecule has 0 atom stereocenters. The van der Waals surface area contributed by atoms with E-state index in [4.69, 9.17) is 9.47 Å². The number of nitrogens with one attached hydrogen (secondary N) is 1. The maximum Gasteiger partial charge on any atom is 0.262 e. The number of anilines is 1. The maximum atomic E-state index is 13.3. The first kappa shape index (κ1) is 20.2. The fourth-order valence-corrected chi connectivity index (χ4v) is 4.12. The topological polar surface area (TPSA) is 84.9 Å². The number of rotatable bonds is 6. The Morgan fingerprint density at radius 3 is 2.54 bits per heavy atom. The van der Waals surface area contributed by atoms with Gasteiger partial charge in [0.15, 0.2) is 6.61 Å². The summed E-state index contributed by atoms with van der Waals surface area (Å²) in [5.74, 6) is -0.537. The van der Waals surface area contributed by atoms with Crippen LogP contribution in [0.5, 0.6) is 5.75 Å². The van der Waals surface area contributed by atoms with Crippen molar-refractivity contribution in [1.82, 2.24) is 4.31 Å². The van der Waals surface area contributed by atoms with Crippen molar-refractivity contribution < 1.29 is 27.1 Å². The molecular formula is C19H21FN2O5S. The van der Waals surface area contributed by atoms with Crippen LogP contribution in [-0.2, 0) is 19.6 Å². The Kier molecular flexibility index (Phi) is 6.28. The van der Waals surface area contributed by atoms with Crippen LogP contribution in [0.2, 0.25) is 0 Å². The zero-order valence-corrected chi connectivity index (χ0v) is 16.2. The summed E-state index contributed by atoms with van der Waals surface area (Å²) in [6.45, 7) is 2.86. The fraction of sp³-hybridized carbons (Fsp3) is 0.316. The number of benzene rings is 2. The maximum absolute atomic E-state index is 13.3. The van der Waals surface area contributed by atoms with Crippen molar-refractivity contribution in [1.29, 1.82) is 0 Å². The lowest BCUT2D eigenvalue weighted by Gasteiger charge is -2.26. The van der Waals surface area contributed by atoms with Crippen LogP contribution >= 0.6 is 0 Å². The van der Waals surface area contributed by atoms with Crippen LogP contribution in [0.4, 0.5) is 10.1 Å². The normalized spacial score (nSPS) is 15.2. The van der Waals surface area contributed by atoms with Crippen LogP contribution in [0, 0.1) is 12.7 Å². The molecule has 2 aromatic carbocycles. The average Bonchev–Trinajstić information content (AvgIpc) is 2.70. The molecule has 1 aliphatic rings. The number of amides is 1. The second-order valence-electron chi connectivity index (χ2n) is 6.28. The zero-order valence-electron chi connectivity index (χ0n) is 15.4. The van der Waals surface area contributed by atoms with Crippen molar-refractivity contribution in [2.24, 2.45) is 0 Å². The molecule has 0 aliphatic carbocycles. The molecule has 0 aromatic heterocycles. The van der Waals surface area contributed by atoms with E-state index in [2.05, 4.69) is 5.32 Å². The standard InChI is InChI=1S/C19H21FN2O5S/c1-14-2-3-15(20)12-18(14)21-19(23)13-27-16-4-6-17(7-5-16)28(24,25)22-8-10-26-11-9-22/h2-7,12H,8-11,13H2,1H3,(H,21,23). The molecule has 1 amide bonds. The van der Waals surface area contributed by atoms with Crippen molar-refractivity contribution in [2.45, 2.75) is 11.8 Å². The number of aryl methyl sites for hydroxylation is 1. The second kappa shape index (κ2) is 8.68. The molecule has 7 nitrogen and oxygen atoms in total. The van der Waals surface area contributed by atoms with Gasteiger partial charge >= 0.3 is 0 Å². The molecule has 0 spiro atoms. The molecule has 1 N–H and O–H groups in total. The molecule has 1 heterocycles. The molecule has 0 unspecified atom stereocenters. The molecule has 0 bridgehead atoms. The number of hydrogen-bond acceptors (Lipinski definition) is 5.